The largest absolute Gasteiger partial charge is 0.480 e. The smallest absolute Gasteiger partial charge is 0.418 e. The van der Waals surface area contributed by atoms with Gasteiger partial charge in [-0.25, -0.2) is 27.3 Å². The molecule has 10 rings (SSSR count). The number of halogens is 4. The SMILES string of the molecule is C1COCCN1.[C-]#[N+]c1cnc(/C(F)=C/c2ccc(F)c([C@@]3(C)N=C(N(COCC[Si](C)(C)C)C(=O)OC(C)(C)C)S[C@@]4(C(=O)O)C[C@H]43)c2)cn1.[C-]#[N+]c1cnc(/C(F)=C/c2ccc(F)c([C@@]3(C)N=C(N)S[C@@]4(C(=O)N5CCOCC5)C[C@H]43)c2)cn1. The highest BCUT2D eigenvalue weighted by Gasteiger charge is 2.73. The number of thioether (sulfide) groups is 2. The van der Waals surface area contributed by atoms with Crippen LogP contribution in [0.2, 0.25) is 25.7 Å². The van der Waals surface area contributed by atoms with E-state index < -0.39 is 75.5 Å². The van der Waals surface area contributed by atoms with Crippen molar-refractivity contribution in [3.05, 3.63) is 129 Å². The predicted molar refractivity (Wildman–Crippen MR) is 324 cm³/mol. The first-order valence-electron chi connectivity index (χ1n) is 27.7. The van der Waals surface area contributed by atoms with Gasteiger partial charge in [0.2, 0.25) is 5.91 Å². The molecule has 0 radical (unpaired) electrons. The fourth-order valence-electron chi connectivity index (χ4n) is 10.2. The molecular weight excluding hydrogens is 1170 g/mol. The first-order valence-corrected chi connectivity index (χ1v) is 33.0. The van der Waals surface area contributed by atoms with Crippen LogP contribution in [0.25, 0.3) is 33.5 Å². The van der Waals surface area contributed by atoms with Crippen molar-refractivity contribution >= 4 is 95.3 Å². The molecule has 2 aliphatic carbocycles. The second-order valence-electron chi connectivity index (χ2n) is 23.7. The summed E-state index contributed by atoms with van der Waals surface area (Å²) in [4.78, 5) is 73.7. The number of amidine groups is 2. The van der Waals surface area contributed by atoms with E-state index in [0.717, 1.165) is 62.6 Å². The standard InChI is InChI=1S/C31H37F2N5O5SSi.C24H22F2N6O2S.C4H9NO/c1-29(2,3)43-28(41)38(18-42-11-12-45(6,7)8)27-37-30(4,24-15-31(24,44-27)26(39)40)20-13-19(9-10-21(20)32)14-22(33)23-16-36-25(34-5)17-35-23;1-23(19-11-24(19,35-22(27)31-23)21(33)32-5-7-34-8-6-32)15-9-14(3-4-16(15)25)10-17(26)18-12-30-20(28-2)13-29-18;1-3-6-4-2-5-1/h9-10,13-14,16-17,24H,11-12,15,18H2,1-4,6-8H3,(H,39,40);3-4,9-10,12-13,19H,5-8,11H2,1H3,(H2,27,31);5H,1-4H2/b22-14-;17-10-;/t24-,30+,31-;19-,23+,24-;/m00./s1. The molecule has 0 bridgehead atoms. The number of rotatable bonds is 13. The summed E-state index contributed by atoms with van der Waals surface area (Å²) in [5.41, 5.74) is 3.62. The van der Waals surface area contributed by atoms with Crippen LogP contribution in [0.15, 0.2) is 71.2 Å². The third-order valence-corrected chi connectivity index (χ3v) is 19.5. The van der Waals surface area contributed by atoms with Crippen LogP contribution in [0.1, 0.15) is 81.1 Å². The van der Waals surface area contributed by atoms with Gasteiger partial charge in [0.05, 0.1) is 49.9 Å². The van der Waals surface area contributed by atoms with Crippen molar-refractivity contribution in [3.8, 4) is 0 Å². The number of carbonyl (C=O) groups is 3. The Hall–Kier alpha value is -7.11. The highest BCUT2D eigenvalue weighted by Crippen LogP contribution is 2.68. The molecule has 20 nitrogen and oxygen atoms in total. The Morgan fingerprint density at radius 2 is 1.33 bits per heavy atom. The molecule has 4 N–H and O–H groups in total. The van der Waals surface area contributed by atoms with E-state index >= 15 is 13.2 Å². The topological polar surface area (TPSA) is 238 Å². The van der Waals surface area contributed by atoms with Gasteiger partial charge in [0.25, 0.3) is 11.6 Å². The summed E-state index contributed by atoms with van der Waals surface area (Å²) in [6.07, 6.45) is 6.91. The number of amides is 2. The maximum Gasteiger partial charge on any atom is 0.418 e. The van der Waals surface area contributed by atoms with Crippen molar-refractivity contribution in [1.29, 1.82) is 0 Å². The fraction of sp³-hybridized carbons (Fsp3) is 0.475. The minimum absolute atomic E-state index is 0.0144. The first-order chi connectivity index (χ1) is 40.6. The number of aliphatic imine (C=N–C) groups is 2. The van der Waals surface area contributed by atoms with Crippen LogP contribution < -0.4 is 11.1 Å². The lowest BCUT2D eigenvalue weighted by molar-refractivity contribution is -0.138. The molecule has 2 saturated carbocycles. The minimum atomic E-state index is -1.45. The number of nitrogens with two attached hydrogens (primary N) is 1. The summed E-state index contributed by atoms with van der Waals surface area (Å²) in [7, 11) is -1.45. The summed E-state index contributed by atoms with van der Waals surface area (Å²) in [5, 5.41) is 13.8. The Balaban J connectivity index is 0.000000208. The number of hydrogen-bond acceptors (Lipinski definition) is 17. The molecule has 27 heteroatoms. The molecule has 2 saturated heterocycles. The van der Waals surface area contributed by atoms with E-state index in [-0.39, 0.29) is 75.0 Å². The van der Waals surface area contributed by atoms with Gasteiger partial charge in [-0.2, -0.15) is 0 Å². The Labute approximate surface area is 506 Å². The van der Waals surface area contributed by atoms with Crippen LogP contribution in [0.3, 0.4) is 0 Å². The van der Waals surface area contributed by atoms with E-state index in [0.29, 0.717) is 44.9 Å². The highest BCUT2D eigenvalue weighted by molar-refractivity contribution is 8.16. The molecule has 0 spiro atoms. The van der Waals surface area contributed by atoms with Gasteiger partial charge >= 0.3 is 12.1 Å². The van der Waals surface area contributed by atoms with E-state index in [1.807, 2.05) is 0 Å². The number of hydrogen-bond donors (Lipinski definition) is 3. The number of carboxylic acid groups (broad SMARTS) is 1. The Bertz CT molecular complexity index is 3410. The number of benzene rings is 2. The monoisotopic (exact) mass is 1240 g/mol. The number of aromatic nitrogens is 4. The van der Waals surface area contributed by atoms with Crippen LogP contribution in [0.5, 0.6) is 0 Å². The molecule has 2 amide bonds. The third-order valence-electron chi connectivity index (χ3n) is 15.0. The van der Waals surface area contributed by atoms with Crippen molar-refractivity contribution in [1.82, 2.24) is 35.1 Å². The molecule has 4 aromatic rings. The average molecular weight is 1240 g/mol. The molecule has 0 unspecified atom stereocenters. The van der Waals surface area contributed by atoms with Gasteiger partial charge in [-0.15, -0.1) is 9.97 Å². The lowest BCUT2D eigenvalue weighted by atomic mass is 9.84. The zero-order chi connectivity index (χ0) is 62.4. The summed E-state index contributed by atoms with van der Waals surface area (Å²) in [6.45, 7) is 35.0. The maximum absolute atomic E-state index is 15.6. The van der Waals surface area contributed by atoms with E-state index in [1.165, 1.54) is 71.5 Å². The van der Waals surface area contributed by atoms with E-state index in [2.05, 4.69) is 59.6 Å². The third kappa shape index (κ3) is 15.0. The van der Waals surface area contributed by atoms with Crippen molar-refractivity contribution in [2.45, 2.75) is 99.3 Å². The Kier molecular flexibility index (Phi) is 20.0. The van der Waals surface area contributed by atoms with Crippen LogP contribution in [-0.2, 0) is 39.6 Å². The molecule has 456 valence electrons. The number of ether oxygens (including phenoxy) is 4. The van der Waals surface area contributed by atoms with Gasteiger partial charge < -0.3 is 49.7 Å². The molecule has 86 heavy (non-hydrogen) atoms. The second kappa shape index (κ2) is 26.5. The molecular formula is C59H68F4N12O8S2Si. The van der Waals surface area contributed by atoms with Crippen molar-refractivity contribution in [2.24, 2.45) is 27.6 Å². The molecule has 6 aliphatic rings. The van der Waals surface area contributed by atoms with E-state index in [4.69, 9.17) is 42.8 Å². The normalized spacial score (nSPS) is 25.1. The summed E-state index contributed by atoms with van der Waals surface area (Å²) in [6, 6.07) is 9.04. The number of nitrogens with one attached hydrogen (secondary N) is 1. The number of morpholine rings is 2. The average Bonchev–Trinajstić information content (AvgIpc) is 1.54. The number of carbonyl (C=O) groups excluding carboxylic acids is 2. The van der Waals surface area contributed by atoms with Crippen molar-refractivity contribution < 1.29 is 56.0 Å². The number of carboxylic acids is 1. The summed E-state index contributed by atoms with van der Waals surface area (Å²) >= 11 is 2.18. The lowest BCUT2D eigenvalue weighted by Crippen LogP contribution is -2.49. The van der Waals surface area contributed by atoms with Crippen molar-refractivity contribution in [3.63, 3.8) is 0 Å². The number of fused-ring (bicyclic) bond motifs is 2. The number of nitrogens with zero attached hydrogens (tertiary/aromatic N) is 10. The molecule has 6 heterocycles. The van der Waals surface area contributed by atoms with Crippen molar-refractivity contribution in [2.75, 3.05) is 65.9 Å². The van der Waals surface area contributed by atoms with E-state index in [9.17, 15) is 23.9 Å². The van der Waals surface area contributed by atoms with Gasteiger partial charge in [0, 0.05) is 63.8 Å². The quantitative estimate of drug-likeness (QED) is 0.0371. The fourth-order valence-corrected chi connectivity index (χ4v) is 14.0. The van der Waals surface area contributed by atoms with Gasteiger partial charge in [0.1, 0.15) is 57.2 Å². The highest BCUT2D eigenvalue weighted by atomic mass is 32.2. The van der Waals surface area contributed by atoms with Gasteiger partial charge in [0.15, 0.2) is 22.0 Å². The Morgan fingerprint density at radius 3 is 1.78 bits per heavy atom. The van der Waals surface area contributed by atoms with Gasteiger partial charge in [-0.3, -0.25) is 29.5 Å². The molecule has 6 atom stereocenters. The van der Waals surface area contributed by atoms with Crippen LogP contribution >= 0.6 is 23.5 Å². The summed E-state index contributed by atoms with van der Waals surface area (Å²) in [5.74, 6) is -4.53. The Morgan fingerprint density at radius 1 is 0.814 bits per heavy atom. The van der Waals surface area contributed by atoms with Gasteiger partial charge in [-0.1, -0.05) is 68.4 Å². The van der Waals surface area contributed by atoms with Crippen LogP contribution in [-0.4, -0.2) is 152 Å². The van der Waals surface area contributed by atoms with E-state index in [1.54, 1.807) is 39.5 Å². The predicted octanol–water partition coefficient (Wildman–Crippen LogP) is 10.5. The first kappa shape index (κ1) is 64.9. The maximum atomic E-state index is 15.6. The zero-order valence-electron chi connectivity index (χ0n) is 49.0. The lowest BCUT2D eigenvalue weighted by Gasteiger charge is -2.37. The molecule has 2 aromatic heterocycles. The zero-order valence-corrected chi connectivity index (χ0v) is 51.6. The molecule has 4 aliphatic heterocycles. The molecule has 2 aromatic carbocycles. The van der Waals surface area contributed by atoms with Gasteiger partial charge in [-0.05, 0) is 101 Å². The summed E-state index contributed by atoms with van der Waals surface area (Å²) < 4.78 is 80.4. The van der Waals surface area contributed by atoms with Crippen LogP contribution in [0, 0.1) is 36.6 Å². The second-order valence-corrected chi connectivity index (χ2v) is 31.9. The number of aliphatic carboxylic acids is 1. The minimum Gasteiger partial charge on any atom is -0.480 e. The molecule has 4 fully saturated rings. The van der Waals surface area contributed by atoms with Crippen LogP contribution in [0.4, 0.5) is 34.0 Å².